The quantitative estimate of drug-likeness (QED) is 0.696. The van der Waals surface area contributed by atoms with E-state index in [0.717, 1.165) is 19.6 Å². The van der Waals surface area contributed by atoms with Crippen molar-refractivity contribution in [2.45, 2.75) is 59.7 Å². The van der Waals surface area contributed by atoms with Gasteiger partial charge in [-0.1, -0.05) is 40.5 Å². The molecule has 90 valence electrons. The minimum absolute atomic E-state index is 0.0505. The summed E-state index contributed by atoms with van der Waals surface area (Å²) in [6.07, 6.45) is 4.98. The van der Waals surface area contributed by atoms with Crippen molar-refractivity contribution in [3.05, 3.63) is 0 Å². The van der Waals surface area contributed by atoms with Crippen LogP contribution in [0, 0.1) is 11.3 Å². The van der Waals surface area contributed by atoms with E-state index >= 15 is 0 Å². The fourth-order valence-corrected chi connectivity index (χ4v) is 1.98. The SMILES string of the molecule is CCCCC(CC)C1OCC(C)(C)CO1. The van der Waals surface area contributed by atoms with Crippen LogP contribution >= 0.6 is 0 Å². The molecule has 0 amide bonds. The first-order valence-electron chi connectivity index (χ1n) is 6.32. The summed E-state index contributed by atoms with van der Waals surface area (Å²) in [4.78, 5) is 0. The average Bonchev–Trinajstić information content (AvgIpc) is 2.21. The lowest BCUT2D eigenvalue weighted by atomic mass is 9.93. The van der Waals surface area contributed by atoms with Crippen molar-refractivity contribution in [1.29, 1.82) is 0 Å². The van der Waals surface area contributed by atoms with Crippen LogP contribution in [-0.2, 0) is 9.47 Å². The summed E-state index contributed by atoms with van der Waals surface area (Å²) in [5.74, 6) is 0.584. The number of hydrogen-bond donors (Lipinski definition) is 0. The Kier molecular flexibility index (Phi) is 5.07. The molecule has 1 atom stereocenters. The Hall–Kier alpha value is -0.0800. The fourth-order valence-electron chi connectivity index (χ4n) is 1.98. The van der Waals surface area contributed by atoms with Gasteiger partial charge < -0.3 is 9.47 Å². The first-order chi connectivity index (χ1) is 7.09. The number of rotatable bonds is 5. The van der Waals surface area contributed by atoms with Crippen LogP contribution in [0.15, 0.2) is 0 Å². The van der Waals surface area contributed by atoms with E-state index in [0.29, 0.717) is 5.92 Å². The highest BCUT2D eigenvalue weighted by atomic mass is 16.7. The molecule has 0 aromatic rings. The number of unbranched alkanes of at least 4 members (excludes halogenated alkanes) is 1. The summed E-state index contributed by atoms with van der Waals surface area (Å²) in [6.45, 7) is 10.5. The van der Waals surface area contributed by atoms with Crippen molar-refractivity contribution in [3.8, 4) is 0 Å². The molecule has 2 nitrogen and oxygen atoms in total. The molecule has 15 heavy (non-hydrogen) atoms. The second kappa shape index (κ2) is 5.86. The van der Waals surface area contributed by atoms with Gasteiger partial charge >= 0.3 is 0 Å². The van der Waals surface area contributed by atoms with E-state index in [-0.39, 0.29) is 11.7 Å². The summed E-state index contributed by atoms with van der Waals surface area (Å²) < 4.78 is 11.6. The predicted octanol–water partition coefficient (Wildman–Crippen LogP) is 3.60. The van der Waals surface area contributed by atoms with Crippen LogP contribution in [-0.4, -0.2) is 19.5 Å². The van der Waals surface area contributed by atoms with Crippen LogP contribution in [0.4, 0.5) is 0 Å². The van der Waals surface area contributed by atoms with E-state index < -0.39 is 0 Å². The zero-order valence-electron chi connectivity index (χ0n) is 10.7. The van der Waals surface area contributed by atoms with Crippen LogP contribution in [0.2, 0.25) is 0 Å². The second-order valence-corrected chi connectivity index (χ2v) is 5.47. The van der Waals surface area contributed by atoms with Gasteiger partial charge in [0, 0.05) is 11.3 Å². The second-order valence-electron chi connectivity index (χ2n) is 5.47. The molecule has 1 aliphatic heterocycles. The molecule has 1 fully saturated rings. The molecule has 0 bridgehead atoms. The smallest absolute Gasteiger partial charge is 0.160 e. The van der Waals surface area contributed by atoms with E-state index in [2.05, 4.69) is 27.7 Å². The van der Waals surface area contributed by atoms with Crippen molar-refractivity contribution in [1.82, 2.24) is 0 Å². The lowest BCUT2D eigenvalue weighted by molar-refractivity contribution is -0.244. The largest absolute Gasteiger partial charge is 0.352 e. The molecule has 0 saturated carbocycles. The van der Waals surface area contributed by atoms with Crippen LogP contribution in [0.3, 0.4) is 0 Å². The molecular formula is C13H26O2. The molecule has 2 heteroatoms. The molecule has 0 aromatic heterocycles. The molecular weight excluding hydrogens is 188 g/mol. The van der Waals surface area contributed by atoms with Crippen molar-refractivity contribution >= 4 is 0 Å². The summed E-state index contributed by atoms with van der Waals surface area (Å²) in [5.41, 5.74) is 0.194. The van der Waals surface area contributed by atoms with Gasteiger partial charge in [-0.2, -0.15) is 0 Å². The normalized spacial score (nSPS) is 24.0. The summed E-state index contributed by atoms with van der Waals surface area (Å²) >= 11 is 0. The molecule has 1 aliphatic rings. The van der Waals surface area contributed by atoms with Gasteiger partial charge in [0.25, 0.3) is 0 Å². The first kappa shape index (κ1) is 13.0. The Balaban J connectivity index is 2.35. The molecule has 0 N–H and O–H groups in total. The monoisotopic (exact) mass is 214 g/mol. The lowest BCUT2D eigenvalue weighted by Crippen LogP contribution is -2.41. The zero-order chi connectivity index (χ0) is 11.3. The molecule has 0 aliphatic carbocycles. The van der Waals surface area contributed by atoms with Crippen LogP contribution in [0.1, 0.15) is 53.4 Å². The molecule has 0 spiro atoms. The molecule has 0 radical (unpaired) electrons. The molecule has 1 unspecified atom stereocenters. The van der Waals surface area contributed by atoms with Crippen LogP contribution < -0.4 is 0 Å². The number of ether oxygens (including phenoxy) is 2. The van der Waals surface area contributed by atoms with Gasteiger partial charge in [-0.05, 0) is 12.8 Å². The van der Waals surface area contributed by atoms with Crippen molar-refractivity contribution < 1.29 is 9.47 Å². The summed E-state index contributed by atoms with van der Waals surface area (Å²) in [6, 6.07) is 0. The average molecular weight is 214 g/mol. The van der Waals surface area contributed by atoms with Crippen molar-refractivity contribution in [2.24, 2.45) is 11.3 Å². The van der Waals surface area contributed by atoms with Gasteiger partial charge in [0.05, 0.1) is 13.2 Å². The van der Waals surface area contributed by atoms with Gasteiger partial charge in [-0.25, -0.2) is 0 Å². The Morgan fingerprint density at radius 1 is 1.20 bits per heavy atom. The third kappa shape index (κ3) is 4.12. The van der Waals surface area contributed by atoms with Gasteiger partial charge in [-0.3, -0.25) is 0 Å². The highest BCUT2D eigenvalue weighted by Gasteiger charge is 2.31. The standard InChI is InChI=1S/C13H26O2/c1-5-7-8-11(6-2)12-14-9-13(3,4)10-15-12/h11-12H,5-10H2,1-4H3. The summed E-state index contributed by atoms with van der Waals surface area (Å²) in [5, 5.41) is 0. The fraction of sp³-hybridized carbons (Fsp3) is 1.00. The Morgan fingerprint density at radius 3 is 2.27 bits per heavy atom. The van der Waals surface area contributed by atoms with Gasteiger partial charge in [0.15, 0.2) is 6.29 Å². The lowest BCUT2D eigenvalue weighted by Gasteiger charge is -2.37. The minimum Gasteiger partial charge on any atom is -0.352 e. The third-order valence-electron chi connectivity index (χ3n) is 3.11. The van der Waals surface area contributed by atoms with Gasteiger partial charge in [0.1, 0.15) is 0 Å². The minimum atomic E-state index is 0.0505. The van der Waals surface area contributed by atoms with Crippen molar-refractivity contribution in [3.63, 3.8) is 0 Å². The molecule has 1 saturated heterocycles. The van der Waals surface area contributed by atoms with E-state index in [1.807, 2.05) is 0 Å². The Labute approximate surface area is 94.3 Å². The van der Waals surface area contributed by atoms with E-state index in [1.54, 1.807) is 0 Å². The van der Waals surface area contributed by atoms with E-state index in [4.69, 9.17) is 9.47 Å². The van der Waals surface area contributed by atoms with Crippen molar-refractivity contribution in [2.75, 3.05) is 13.2 Å². The zero-order valence-corrected chi connectivity index (χ0v) is 10.7. The maximum absolute atomic E-state index is 5.82. The van der Waals surface area contributed by atoms with Gasteiger partial charge in [0.2, 0.25) is 0 Å². The van der Waals surface area contributed by atoms with Crippen LogP contribution in [0.5, 0.6) is 0 Å². The van der Waals surface area contributed by atoms with Crippen LogP contribution in [0.25, 0.3) is 0 Å². The van der Waals surface area contributed by atoms with Gasteiger partial charge in [-0.15, -0.1) is 0 Å². The summed E-state index contributed by atoms with van der Waals surface area (Å²) in [7, 11) is 0. The highest BCUT2D eigenvalue weighted by Crippen LogP contribution is 2.29. The molecule has 1 heterocycles. The Morgan fingerprint density at radius 2 is 1.80 bits per heavy atom. The molecule has 1 rings (SSSR count). The topological polar surface area (TPSA) is 18.5 Å². The molecule has 0 aromatic carbocycles. The predicted molar refractivity (Wildman–Crippen MR) is 62.8 cm³/mol. The third-order valence-corrected chi connectivity index (χ3v) is 3.11. The maximum atomic E-state index is 5.82. The Bertz CT molecular complexity index is 167. The van der Waals surface area contributed by atoms with E-state index in [1.165, 1.54) is 19.3 Å². The van der Waals surface area contributed by atoms with E-state index in [9.17, 15) is 0 Å². The number of hydrogen-bond acceptors (Lipinski definition) is 2. The maximum Gasteiger partial charge on any atom is 0.160 e. The highest BCUT2D eigenvalue weighted by molar-refractivity contribution is 4.74. The first-order valence-corrected chi connectivity index (χ1v) is 6.32.